The summed E-state index contributed by atoms with van der Waals surface area (Å²) in [5, 5.41) is 0. The Balaban J connectivity index is 0. The molecule has 0 bridgehead atoms. The van der Waals surface area contributed by atoms with Crippen LogP contribution >= 0.6 is 0 Å². The molecule has 4 heavy (non-hydrogen) atoms. The summed E-state index contributed by atoms with van der Waals surface area (Å²) in [5.74, 6) is 0. The minimum Gasteiger partial charge on any atom is 0 e. The Morgan fingerprint density at radius 2 is 1.00 bits per heavy atom. The summed E-state index contributed by atoms with van der Waals surface area (Å²) in [7, 11) is 0. The molecule has 28 valence electrons. The van der Waals surface area contributed by atoms with Crippen LogP contribution in [0.5, 0.6) is 0 Å². The van der Waals surface area contributed by atoms with E-state index in [1.807, 2.05) is 0 Å². The summed E-state index contributed by atoms with van der Waals surface area (Å²) in [6.07, 6.45) is 0. The van der Waals surface area contributed by atoms with E-state index >= 15 is 0 Å². The van der Waals surface area contributed by atoms with Crippen molar-refractivity contribution in [3.63, 3.8) is 0 Å². The predicted molar refractivity (Wildman–Crippen MR) is 11.5 cm³/mol. The summed E-state index contributed by atoms with van der Waals surface area (Å²) in [5.41, 5.74) is 0. The van der Waals surface area contributed by atoms with Crippen molar-refractivity contribution in [2.75, 3.05) is 0 Å². The second kappa shape index (κ2) is 17.8. The van der Waals surface area contributed by atoms with Crippen LogP contribution in [0.4, 0.5) is 0 Å². The molecule has 0 spiro atoms. The number of hydrogen-bond donors (Lipinski definition) is 0. The molecular weight excluding hydrogens is 402 g/mol. The standard InChI is InChI=1S/As.Cu.Fe.Pb. The molecule has 0 heterocycles. The zero-order valence-electron chi connectivity index (χ0n) is 1.60. The Kier molecular flexibility index (Phi) is 139. The molecule has 0 atom stereocenters. The zero-order valence-corrected chi connectivity index (χ0v) is 9.41. The van der Waals surface area contributed by atoms with Gasteiger partial charge in [-0.15, -0.1) is 0 Å². The van der Waals surface area contributed by atoms with Crippen molar-refractivity contribution in [2.24, 2.45) is 0 Å². The SMILES string of the molecule is [As].[Cu].[Fe].[Pb]. The third-order valence-corrected chi connectivity index (χ3v) is 0. The largest absolute Gasteiger partial charge is 0 e. The molecule has 8 radical (unpaired) electrons. The average Bonchev–Trinajstić information content (AvgIpc) is 0. The summed E-state index contributed by atoms with van der Waals surface area (Å²) < 4.78 is 0. The van der Waals surface area contributed by atoms with E-state index in [-0.39, 0.29) is 79.4 Å². The first-order chi connectivity index (χ1) is 0. The van der Waals surface area contributed by atoms with Crippen LogP contribution < -0.4 is 0 Å². The van der Waals surface area contributed by atoms with E-state index < -0.39 is 0 Å². The van der Waals surface area contributed by atoms with Crippen molar-refractivity contribution in [1.82, 2.24) is 0 Å². The summed E-state index contributed by atoms with van der Waals surface area (Å²) in [4.78, 5) is 0. The van der Waals surface area contributed by atoms with Crippen LogP contribution in [-0.2, 0) is 34.1 Å². The monoisotopic (exact) mass is 402 g/mol. The van der Waals surface area contributed by atoms with Crippen LogP contribution in [0.1, 0.15) is 0 Å². The Hall–Kier alpha value is 2.52. The molecule has 0 saturated heterocycles. The first-order valence-electron chi connectivity index (χ1n) is 0. The fourth-order valence-corrected chi connectivity index (χ4v) is 0. The Morgan fingerprint density at radius 1 is 1.00 bits per heavy atom. The van der Waals surface area contributed by atoms with Crippen molar-refractivity contribution in [1.29, 1.82) is 0 Å². The molecule has 4 heteroatoms. The van der Waals surface area contributed by atoms with Gasteiger partial charge in [0.2, 0.25) is 0 Å². The van der Waals surface area contributed by atoms with Crippen molar-refractivity contribution < 1.29 is 34.1 Å². The molecule has 0 aromatic heterocycles. The first-order valence-corrected chi connectivity index (χ1v) is 0. The average molecular weight is 402 g/mol. The maximum absolute atomic E-state index is 0. The van der Waals surface area contributed by atoms with E-state index in [0.717, 1.165) is 0 Å². The van der Waals surface area contributed by atoms with Gasteiger partial charge in [-0.3, -0.25) is 0 Å². The molecule has 0 aliphatic rings. The molecule has 0 nitrogen and oxygen atoms in total. The van der Waals surface area contributed by atoms with Gasteiger partial charge in [0.25, 0.3) is 0 Å². The first kappa shape index (κ1) is 31.3. The van der Waals surface area contributed by atoms with Crippen molar-refractivity contribution in [3.05, 3.63) is 0 Å². The van der Waals surface area contributed by atoms with Gasteiger partial charge in [0.05, 0.1) is 0 Å². The molecule has 0 aromatic carbocycles. The zero-order chi connectivity index (χ0) is 0. The van der Waals surface area contributed by atoms with Gasteiger partial charge >= 0.3 is 0 Å². The Labute approximate surface area is 78.3 Å². The van der Waals surface area contributed by atoms with E-state index in [9.17, 15) is 0 Å². The van der Waals surface area contributed by atoms with E-state index in [4.69, 9.17) is 0 Å². The third kappa shape index (κ3) is 8.82. The molecule has 0 aliphatic heterocycles. The van der Waals surface area contributed by atoms with E-state index in [0.29, 0.717) is 0 Å². The van der Waals surface area contributed by atoms with Gasteiger partial charge in [-0.05, 0) is 0 Å². The van der Waals surface area contributed by atoms with Gasteiger partial charge in [0, 0.05) is 79.4 Å². The van der Waals surface area contributed by atoms with Gasteiger partial charge < -0.3 is 0 Å². The number of hydrogen-bond acceptors (Lipinski definition) is 0. The molecule has 0 saturated carbocycles. The quantitative estimate of drug-likeness (QED) is 0.468. The molecule has 0 fully saturated rings. The van der Waals surface area contributed by atoms with Crippen molar-refractivity contribution >= 4 is 45.3 Å². The minimum atomic E-state index is 0. The molecule has 0 N–H and O–H groups in total. The van der Waals surface area contributed by atoms with Gasteiger partial charge in [0.15, 0.2) is 0 Å². The summed E-state index contributed by atoms with van der Waals surface area (Å²) in [6, 6.07) is 0. The molecule has 0 amide bonds. The van der Waals surface area contributed by atoms with Gasteiger partial charge in [-0.25, -0.2) is 0 Å². The molecule has 0 rings (SSSR count). The fraction of sp³-hybridized carbons (Fsp3) is 0. The normalized spacial score (nSPS) is 0. The van der Waals surface area contributed by atoms with E-state index in [1.54, 1.807) is 0 Å². The number of rotatable bonds is 0. The van der Waals surface area contributed by atoms with Gasteiger partial charge in [-0.2, -0.15) is 0 Å². The maximum atomic E-state index is 0. The third-order valence-electron chi connectivity index (χ3n) is 0. The van der Waals surface area contributed by atoms with Crippen LogP contribution in [0.2, 0.25) is 0 Å². The molecular formula is AsCuFePb. The van der Waals surface area contributed by atoms with Crippen molar-refractivity contribution in [3.8, 4) is 0 Å². The van der Waals surface area contributed by atoms with E-state index in [1.165, 1.54) is 0 Å². The summed E-state index contributed by atoms with van der Waals surface area (Å²) in [6.45, 7) is 0. The van der Waals surface area contributed by atoms with Gasteiger partial charge in [-0.1, -0.05) is 0 Å². The fourth-order valence-electron chi connectivity index (χ4n) is 0. The second-order valence-corrected chi connectivity index (χ2v) is 0. The van der Waals surface area contributed by atoms with Crippen LogP contribution in [0.15, 0.2) is 0 Å². The second-order valence-electron chi connectivity index (χ2n) is 0. The van der Waals surface area contributed by atoms with Crippen LogP contribution in [-0.4, -0.2) is 45.3 Å². The Bertz CT molecular complexity index is 8.00. The van der Waals surface area contributed by atoms with Gasteiger partial charge in [0.1, 0.15) is 0 Å². The topological polar surface area (TPSA) is 0 Å². The minimum absolute atomic E-state index is 0. The van der Waals surface area contributed by atoms with Crippen LogP contribution in [0, 0.1) is 0 Å². The maximum Gasteiger partial charge on any atom is 0 e. The van der Waals surface area contributed by atoms with Crippen LogP contribution in [0.25, 0.3) is 0 Å². The Morgan fingerprint density at radius 3 is 1.00 bits per heavy atom. The molecule has 0 unspecified atom stereocenters. The predicted octanol–water partition coefficient (Wildman–Crippen LogP) is -0.767. The van der Waals surface area contributed by atoms with Crippen LogP contribution in [0.3, 0.4) is 0 Å². The summed E-state index contributed by atoms with van der Waals surface area (Å²) >= 11 is 0. The smallest absolute Gasteiger partial charge is 0 e. The molecule has 0 aliphatic carbocycles. The van der Waals surface area contributed by atoms with Crippen molar-refractivity contribution in [2.45, 2.75) is 0 Å². The molecule has 0 aromatic rings. The van der Waals surface area contributed by atoms with E-state index in [2.05, 4.69) is 0 Å².